The van der Waals surface area contributed by atoms with E-state index in [-0.39, 0.29) is 12.5 Å². The van der Waals surface area contributed by atoms with Crippen molar-refractivity contribution >= 4 is 35.1 Å². The number of aromatic nitrogens is 2. The number of aryl methyl sites for hydroxylation is 2. The van der Waals surface area contributed by atoms with Crippen LogP contribution in [0.4, 0.5) is 5.95 Å². The molecule has 1 unspecified atom stereocenters. The first-order valence-corrected chi connectivity index (χ1v) is 12.2. The number of hydrogen-bond donors (Lipinski definition) is 2. The number of benzene rings is 1. The van der Waals surface area contributed by atoms with Gasteiger partial charge in [-0.1, -0.05) is 12.1 Å². The van der Waals surface area contributed by atoms with Crippen LogP contribution in [-0.4, -0.2) is 95.9 Å². The first-order chi connectivity index (χ1) is 17.4. The summed E-state index contributed by atoms with van der Waals surface area (Å²) in [6.45, 7) is 7.16. The van der Waals surface area contributed by atoms with Crippen LogP contribution in [-0.2, 0) is 9.53 Å². The highest BCUT2D eigenvalue weighted by Gasteiger charge is 2.33. The minimum absolute atomic E-state index is 0.0926. The fraction of sp³-hybridized carbons (Fsp3) is 0.458. The molecule has 1 fully saturated rings. The van der Waals surface area contributed by atoms with Gasteiger partial charge in [-0.2, -0.15) is 4.99 Å². The molecular weight excluding hydrogens is 482 g/mol. The second-order valence-corrected chi connectivity index (χ2v) is 8.82. The zero-order valence-electron chi connectivity index (χ0n) is 20.7. The number of para-hydroxylation sites is 2. The molecule has 1 aromatic carbocycles. The number of rotatable bonds is 5. The maximum Gasteiger partial charge on any atom is 0.267 e. The number of carbonyl (C=O) groups excluding carboxylic acids is 1. The summed E-state index contributed by atoms with van der Waals surface area (Å²) in [5, 5.41) is 6.60. The van der Waals surface area contributed by atoms with Crippen LogP contribution in [0.2, 0.25) is 0 Å². The van der Waals surface area contributed by atoms with Crippen molar-refractivity contribution in [2.45, 2.75) is 20.0 Å². The van der Waals surface area contributed by atoms with Gasteiger partial charge in [0, 0.05) is 51.2 Å². The molecule has 0 bridgehead atoms. The number of piperazine rings is 1. The number of carbonyl (C=O) groups is 1. The van der Waals surface area contributed by atoms with Gasteiger partial charge < -0.3 is 29.3 Å². The SMILES string of the molecule is COCCNC(=S)/N=C(/Nc1nc(C)cc(C)n1)N1CCN(C(=O)C2COc3ccccc3O2)CC1. The van der Waals surface area contributed by atoms with Crippen molar-refractivity contribution in [2.75, 3.05) is 58.4 Å². The van der Waals surface area contributed by atoms with Crippen LogP contribution in [0.1, 0.15) is 11.4 Å². The maximum atomic E-state index is 13.1. The van der Waals surface area contributed by atoms with Crippen LogP contribution in [0.15, 0.2) is 35.3 Å². The van der Waals surface area contributed by atoms with Crippen LogP contribution in [0, 0.1) is 13.8 Å². The summed E-state index contributed by atoms with van der Waals surface area (Å²) >= 11 is 5.41. The van der Waals surface area contributed by atoms with Gasteiger partial charge in [-0.15, -0.1) is 0 Å². The lowest BCUT2D eigenvalue weighted by molar-refractivity contribution is -0.142. The lowest BCUT2D eigenvalue weighted by atomic mass is 10.2. The summed E-state index contributed by atoms with van der Waals surface area (Å²) in [6, 6.07) is 9.27. The average Bonchev–Trinajstić information content (AvgIpc) is 2.87. The molecule has 192 valence electrons. The molecule has 12 heteroatoms. The van der Waals surface area contributed by atoms with Crippen molar-refractivity contribution in [3.63, 3.8) is 0 Å². The van der Waals surface area contributed by atoms with Gasteiger partial charge in [0.1, 0.15) is 6.61 Å². The molecule has 4 rings (SSSR count). The quantitative estimate of drug-likeness (QED) is 0.263. The fourth-order valence-electron chi connectivity index (χ4n) is 3.94. The molecule has 1 aromatic heterocycles. The lowest BCUT2D eigenvalue weighted by Gasteiger charge is -2.38. The second kappa shape index (κ2) is 12.0. The second-order valence-electron chi connectivity index (χ2n) is 8.44. The van der Waals surface area contributed by atoms with E-state index in [2.05, 4.69) is 25.6 Å². The van der Waals surface area contributed by atoms with Crippen LogP contribution < -0.4 is 20.1 Å². The molecule has 0 radical (unpaired) electrons. The van der Waals surface area contributed by atoms with Crippen LogP contribution >= 0.6 is 12.2 Å². The third-order valence-electron chi connectivity index (χ3n) is 5.67. The molecule has 3 heterocycles. The highest BCUT2D eigenvalue weighted by Crippen LogP contribution is 2.31. The Bertz CT molecular complexity index is 1100. The molecule has 2 N–H and O–H groups in total. The number of nitrogens with one attached hydrogen (secondary N) is 2. The number of nitrogens with zero attached hydrogens (tertiary/aromatic N) is 5. The topological polar surface area (TPSA) is 113 Å². The van der Waals surface area contributed by atoms with Crippen LogP contribution in [0.3, 0.4) is 0 Å². The van der Waals surface area contributed by atoms with Crippen molar-refractivity contribution < 1.29 is 19.0 Å². The highest BCUT2D eigenvalue weighted by atomic mass is 32.1. The minimum atomic E-state index is -0.668. The Balaban J connectivity index is 1.41. The summed E-state index contributed by atoms with van der Waals surface area (Å²) in [5.41, 5.74) is 1.69. The first kappa shape index (κ1) is 25.6. The van der Waals surface area contributed by atoms with Crippen molar-refractivity contribution in [2.24, 2.45) is 4.99 Å². The van der Waals surface area contributed by atoms with Gasteiger partial charge in [-0.05, 0) is 44.3 Å². The third kappa shape index (κ3) is 6.58. The number of aliphatic imine (C=N–C) groups is 1. The summed E-state index contributed by atoms with van der Waals surface area (Å²) in [4.78, 5) is 30.5. The van der Waals surface area contributed by atoms with E-state index in [1.54, 1.807) is 18.1 Å². The number of hydrogen-bond acceptors (Lipinski definition) is 7. The van der Waals surface area contributed by atoms with E-state index >= 15 is 0 Å². The van der Waals surface area contributed by atoms with Gasteiger partial charge in [-0.25, -0.2) is 9.97 Å². The van der Waals surface area contributed by atoms with E-state index in [1.807, 2.05) is 43.0 Å². The monoisotopic (exact) mass is 513 g/mol. The van der Waals surface area contributed by atoms with Gasteiger partial charge in [0.05, 0.1) is 6.61 Å². The number of amides is 1. The Morgan fingerprint density at radius 2 is 1.81 bits per heavy atom. The molecule has 2 aliphatic rings. The van der Waals surface area contributed by atoms with Crippen molar-refractivity contribution in [3.8, 4) is 11.5 Å². The van der Waals surface area contributed by atoms with E-state index in [0.717, 1.165) is 11.4 Å². The van der Waals surface area contributed by atoms with Crippen LogP contribution in [0.5, 0.6) is 11.5 Å². The molecule has 1 atom stereocenters. The van der Waals surface area contributed by atoms with Crippen LogP contribution in [0.25, 0.3) is 0 Å². The van der Waals surface area contributed by atoms with Gasteiger partial charge >= 0.3 is 0 Å². The van der Waals surface area contributed by atoms with E-state index < -0.39 is 6.10 Å². The summed E-state index contributed by atoms with van der Waals surface area (Å²) < 4.78 is 16.7. The molecule has 2 aliphatic heterocycles. The van der Waals surface area contributed by atoms with Crippen molar-refractivity contribution in [1.29, 1.82) is 0 Å². The predicted molar refractivity (Wildman–Crippen MR) is 140 cm³/mol. The smallest absolute Gasteiger partial charge is 0.267 e. The maximum absolute atomic E-state index is 13.1. The molecule has 0 spiro atoms. The number of ether oxygens (including phenoxy) is 3. The molecule has 1 saturated heterocycles. The van der Waals surface area contributed by atoms with Gasteiger partial charge in [-0.3, -0.25) is 10.1 Å². The van der Waals surface area contributed by atoms with E-state index in [9.17, 15) is 4.79 Å². The van der Waals surface area contributed by atoms with Crippen molar-refractivity contribution in [3.05, 3.63) is 41.7 Å². The van der Waals surface area contributed by atoms with Crippen molar-refractivity contribution in [1.82, 2.24) is 25.1 Å². The zero-order chi connectivity index (χ0) is 25.5. The van der Waals surface area contributed by atoms with E-state index in [0.29, 0.717) is 67.9 Å². The standard InChI is InChI=1S/C24H31N7O4S/c1-16-14-17(2)27-22(26-16)28-23(29-24(36)25-8-13-33-3)31-11-9-30(10-12-31)21(32)20-15-34-18-6-4-5-7-19(18)35-20/h4-7,14,20H,8-13,15H2,1-3H3,(H2,25,26,27,28,29,36). The average molecular weight is 514 g/mol. The summed E-state index contributed by atoms with van der Waals surface area (Å²) in [7, 11) is 1.63. The molecule has 11 nitrogen and oxygen atoms in total. The zero-order valence-corrected chi connectivity index (χ0v) is 21.5. The predicted octanol–water partition coefficient (Wildman–Crippen LogP) is 1.37. The number of thiocarbonyl (C=S) groups is 1. The Hall–Kier alpha value is -3.51. The largest absolute Gasteiger partial charge is 0.485 e. The number of anilines is 1. The Labute approximate surface area is 215 Å². The number of fused-ring (bicyclic) bond motifs is 1. The summed E-state index contributed by atoms with van der Waals surface area (Å²) in [6.07, 6.45) is -0.668. The molecule has 2 aromatic rings. The number of methoxy groups -OCH3 is 1. The fourth-order valence-corrected chi connectivity index (χ4v) is 4.13. The van der Waals surface area contributed by atoms with Gasteiger partial charge in [0.15, 0.2) is 16.6 Å². The van der Waals surface area contributed by atoms with Gasteiger partial charge in [0.25, 0.3) is 5.91 Å². The number of guanidine groups is 1. The summed E-state index contributed by atoms with van der Waals surface area (Å²) in [5.74, 6) is 2.11. The Kier molecular flexibility index (Phi) is 8.49. The first-order valence-electron chi connectivity index (χ1n) is 11.8. The Morgan fingerprint density at radius 3 is 2.50 bits per heavy atom. The normalized spacial score (nSPS) is 17.5. The minimum Gasteiger partial charge on any atom is -0.485 e. The molecular formula is C24H31N7O4S. The molecule has 0 aliphatic carbocycles. The molecule has 0 saturated carbocycles. The van der Waals surface area contributed by atoms with E-state index in [4.69, 9.17) is 26.4 Å². The lowest BCUT2D eigenvalue weighted by Crippen LogP contribution is -2.56. The Morgan fingerprint density at radius 1 is 1.14 bits per heavy atom. The molecule has 1 amide bonds. The molecule has 36 heavy (non-hydrogen) atoms. The van der Waals surface area contributed by atoms with E-state index in [1.165, 1.54) is 0 Å². The van der Waals surface area contributed by atoms with Gasteiger partial charge in [0.2, 0.25) is 18.0 Å². The highest BCUT2D eigenvalue weighted by molar-refractivity contribution is 7.80. The third-order valence-corrected chi connectivity index (χ3v) is 5.91.